The van der Waals surface area contributed by atoms with Gasteiger partial charge in [0.2, 0.25) is 0 Å². The maximum atomic E-state index is 12.0. The van der Waals surface area contributed by atoms with Crippen LogP contribution in [0.4, 0.5) is 0 Å². The number of phenolic OH excluding ortho intramolecular Hbond substituents is 1. The Morgan fingerprint density at radius 3 is 2.58 bits per heavy atom. The Morgan fingerprint density at radius 2 is 2.00 bits per heavy atom. The SMILES string of the molecule is O=C(O)CN1C(=O)/C(=C\c2ccc(O)cc2)SC1=S. The summed E-state index contributed by atoms with van der Waals surface area (Å²) in [5, 5.41) is 17.9. The van der Waals surface area contributed by atoms with Crippen LogP contribution < -0.4 is 0 Å². The van der Waals surface area contributed by atoms with Crippen LogP contribution in [0.15, 0.2) is 29.2 Å². The first-order chi connectivity index (χ1) is 8.97. The summed E-state index contributed by atoms with van der Waals surface area (Å²) < 4.78 is 0.234. The highest BCUT2D eigenvalue weighted by Gasteiger charge is 2.33. The fourth-order valence-electron chi connectivity index (χ4n) is 1.49. The van der Waals surface area contributed by atoms with Gasteiger partial charge in [-0.15, -0.1) is 0 Å². The number of carboxylic acid groups (broad SMARTS) is 1. The number of amides is 1. The van der Waals surface area contributed by atoms with Crippen LogP contribution in [0.1, 0.15) is 5.56 Å². The average molecular weight is 295 g/mol. The average Bonchev–Trinajstić information content (AvgIpc) is 2.60. The van der Waals surface area contributed by atoms with Gasteiger partial charge in [-0.25, -0.2) is 0 Å². The Labute approximate surface area is 118 Å². The van der Waals surface area contributed by atoms with Crippen molar-refractivity contribution in [3.63, 3.8) is 0 Å². The fourth-order valence-corrected chi connectivity index (χ4v) is 2.75. The normalized spacial score (nSPS) is 17.3. The van der Waals surface area contributed by atoms with E-state index in [0.29, 0.717) is 4.91 Å². The van der Waals surface area contributed by atoms with Crippen LogP contribution in [0.3, 0.4) is 0 Å². The second kappa shape index (κ2) is 5.41. The lowest BCUT2D eigenvalue weighted by Gasteiger charge is -2.10. The second-order valence-electron chi connectivity index (χ2n) is 3.75. The van der Waals surface area contributed by atoms with Gasteiger partial charge in [-0.2, -0.15) is 0 Å². The highest BCUT2D eigenvalue weighted by molar-refractivity contribution is 8.26. The molecule has 7 heteroatoms. The molecule has 1 amide bonds. The minimum Gasteiger partial charge on any atom is -0.508 e. The van der Waals surface area contributed by atoms with Crippen molar-refractivity contribution in [1.29, 1.82) is 0 Å². The zero-order chi connectivity index (χ0) is 14.0. The Hall–Kier alpha value is -1.86. The number of phenols is 1. The van der Waals surface area contributed by atoms with E-state index < -0.39 is 18.4 Å². The van der Waals surface area contributed by atoms with Crippen LogP contribution in [0.25, 0.3) is 6.08 Å². The molecule has 1 saturated heterocycles. The van der Waals surface area contributed by atoms with E-state index in [4.69, 9.17) is 22.4 Å². The van der Waals surface area contributed by atoms with E-state index >= 15 is 0 Å². The summed E-state index contributed by atoms with van der Waals surface area (Å²) in [6.45, 7) is -0.433. The molecule has 19 heavy (non-hydrogen) atoms. The van der Waals surface area contributed by atoms with Crippen LogP contribution in [0.2, 0.25) is 0 Å². The number of carbonyl (C=O) groups is 2. The molecule has 0 atom stereocenters. The number of thiocarbonyl (C=S) groups is 1. The Kier molecular flexibility index (Phi) is 3.87. The van der Waals surface area contributed by atoms with Gasteiger partial charge in [-0.05, 0) is 23.8 Å². The molecule has 1 heterocycles. The molecule has 98 valence electrons. The van der Waals surface area contributed by atoms with Gasteiger partial charge >= 0.3 is 5.97 Å². The summed E-state index contributed by atoms with van der Waals surface area (Å²) in [5.41, 5.74) is 0.730. The molecule has 5 nitrogen and oxygen atoms in total. The van der Waals surface area contributed by atoms with Crippen LogP contribution in [-0.2, 0) is 9.59 Å². The number of thioether (sulfide) groups is 1. The third-order valence-electron chi connectivity index (χ3n) is 2.36. The first kappa shape index (κ1) is 13.6. The second-order valence-corrected chi connectivity index (χ2v) is 5.43. The van der Waals surface area contributed by atoms with E-state index in [0.717, 1.165) is 22.2 Å². The molecule has 1 aromatic carbocycles. The summed E-state index contributed by atoms with van der Waals surface area (Å²) in [6, 6.07) is 6.31. The summed E-state index contributed by atoms with van der Waals surface area (Å²) in [7, 11) is 0. The maximum absolute atomic E-state index is 12.0. The molecule has 2 N–H and O–H groups in total. The Morgan fingerprint density at radius 1 is 1.37 bits per heavy atom. The third-order valence-corrected chi connectivity index (χ3v) is 3.74. The quantitative estimate of drug-likeness (QED) is 0.652. The van der Waals surface area contributed by atoms with E-state index in [1.54, 1.807) is 18.2 Å². The highest BCUT2D eigenvalue weighted by Crippen LogP contribution is 2.32. The molecule has 1 aliphatic rings. The molecule has 0 aliphatic carbocycles. The van der Waals surface area contributed by atoms with Crippen molar-refractivity contribution in [2.45, 2.75) is 0 Å². The van der Waals surface area contributed by atoms with Crippen molar-refractivity contribution in [3.8, 4) is 5.75 Å². The number of rotatable bonds is 3. The van der Waals surface area contributed by atoms with Crippen LogP contribution in [0.5, 0.6) is 5.75 Å². The lowest BCUT2D eigenvalue weighted by atomic mass is 10.2. The lowest BCUT2D eigenvalue weighted by Crippen LogP contribution is -2.33. The van der Waals surface area contributed by atoms with Gasteiger partial charge in [0.05, 0.1) is 4.91 Å². The predicted octanol–water partition coefficient (Wildman–Crippen LogP) is 1.68. The van der Waals surface area contributed by atoms with Crippen molar-refractivity contribution in [2.24, 2.45) is 0 Å². The summed E-state index contributed by atoms with van der Waals surface area (Å²) in [4.78, 5) is 24.0. The van der Waals surface area contributed by atoms with Crippen LogP contribution in [-0.4, -0.2) is 37.9 Å². The van der Waals surface area contributed by atoms with E-state index in [9.17, 15) is 9.59 Å². The summed E-state index contributed by atoms with van der Waals surface area (Å²) >= 11 is 6.04. The van der Waals surface area contributed by atoms with Crippen molar-refractivity contribution in [1.82, 2.24) is 4.90 Å². The minimum atomic E-state index is -1.11. The zero-order valence-electron chi connectivity index (χ0n) is 9.57. The molecular weight excluding hydrogens is 286 g/mol. The van der Waals surface area contributed by atoms with E-state index in [2.05, 4.69) is 0 Å². The topological polar surface area (TPSA) is 77.8 Å². The number of carbonyl (C=O) groups excluding carboxylic acids is 1. The Balaban J connectivity index is 2.23. The third kappa shape index (κ3) is 3.12. The predicted molar refractivity (Wildman–Crippen MR) is 75.6 cm³/mol. The summed E-state index contributed by atoms with van der Waals surface area (Å²) in [5.74, 6) is -1.39. The number of benzene rings is 1. The van der Waals surface area contributed by atoms with Gasteiger partial charge in [0.15, 0.2) is 0 Å². The monoisotopic (exact) mass is 295 g/mol. The molecule has 0 unspecified atom stereocenters. The molecule has 0 radical (unpaired) electrons. The molecule has 0 bridgehead atoms. The lowest BCUT2D eigenvalue weighted by molar-refractivity contribution is -0.140. The van der Waals surface area contributed by atoms with Crippen LogP contribution in [0, 0.1) is 0 Å². The highest BCUT2D eigenvalue weighted by atomic mass is 32.2. The number of carboxylic acids is 1. The minimum absolute atomic E-state index is 0.135. The largest absolute Gasteiger partial charge is 0.508 e. The van der Waals surface area contributed by atoms with Crippen LogP contribution >= 0.6 is 24.0 Å². The number of nitrogens with zero attached hydrogens (tertiary/aromatic N) is 1. The number of hydrogen-bond acceptors (Lipinski definition) is 5. The Bertz CT molecular complexity index is 580. The summed E-state index contributed by atoms with van der Waals surface area (Å²) in [6.07, 6.45) is 1.61. The van der Waals surface area contributed by atoms with Gasteiger partial charge in [-0.3, -0.25) is 14.5 Å². The van der Waals surface area contributed by atoms with Crippen molar-refractivity contribution in [2.75, 3.05) is 6.54 Å². The van der Waals surface area contributed by atoms with Crippen molar-refractivity contribution >= 4 is 46.3 Å². The fraction of sp³-hybridized carbons (Fsp3) is 0.0833. The molecule has 0 saturated carbocycles. The standard InChI is InChI=1S/C12H9NO4S2/c14-8-3-1-7(2-4-8)5-9-11(17)13(6-10(15)16)12(18)19-9/h1-5,14H,6H2,(H,15,16)/b9-5+. The molecular formula is C12H9NO4S2. The smallest absolute Gasteiger partial charge is 0.323 e. The van der Waals surface area contributed by atoms with E-state index in [1.807, 2.05) is 0 Å². The number of aliphatic carboxylic acids is 1. The number of aromatic hydroxyl groups is 1. The van der Waals surface area contributed by atoms with Crippen molar-refractivity contribution < 1.29 is 19.8 Å². The van der Waals surface area contributed by atoms with Gasteiger partial charge in [0.25, 0.3) is 5.91 Å². The molecule has 1 aliphatic heterocycles. The first-order valence-electron chi connectivity index (χ1n) is 5.23. The molecule has 0 aromatic heterocycles. The zero-order valence-corrected chi connectivity index (χ0v) is 11.2. The molecule has 2 rings (SSSR count). The molecule has 1 fully saturated rings. The van der Waals surface area contributed by atoms with Gasteiger partial charge in [0.1, 0.15) is 16.6 Å². The maximum Gasteiger partial charge on any atom is 0.323 e. The van der Waals surface area contributed by atoms with Gasteiger partial charge in [0, 0.05) is 0 Å². The first-order valence-corrected chi connectivity index (χ1v) is 6.46. The van der Waals surface area contributed by atoms with E-state index in [-0.39, 0.29) is 10.1 Å². The van der Waals surface area contributed by atoms with Gasteiger partial charge in [-0.1, -0.05) is 36.1 Å². The molecule has 0 spiro atoms. The number of hydrogen-bond donors (Lipinski definition) is 2. The van der Waals surface area contributed by atoms with E-state index in [1.165, 1.54) is 12.1 Å². The van der Waals surface area contributed by atoms with Gasteiger partial charge < -0.3 is 10.2 Å². The van der Waals surface area contributed by atoms with Crippen molar-refractivity contribution in [3.05, 3.63) is 34.7 Å². The molecule has 1 aromatic rings.